The minimum absolute atomic E-state index is 0.245. The third kappa shape index (κ3) is 3.96. The number of aliphatic hydroxyl groups excluding tert-OH is 1. The Morgan fingerprint density at radius 3 is 2.53 bits per heavy atom. The summed E-state index contributed by atoms with van der Waals surface area (Å²) in [6, 6.07) is 0. The van der Waals surface area contributed by atoms with Crippen molar-refractivity contribution in [3.63, 3.8) is 0 Å². The molecule has 0 amide bonds. The molecule has 0 aromatic carbocycles. The average Bonchev–Trinajstić information content (AvgIpc) is 2.60. The Kier molecular flexibility index (Phi) is 5.43. The van der Waals surface area contributed by atoms with Gasteiger partial charge in [-0.15, -0.1) is 0 Å². The van der Waals surface area contributed by atoms with E-state index in [1.807, 2.05) is 0 Å². The van der Waals surface area contributed by atoms with Gasteiger partial charge in [0.25, 0.3) is 0 Å². The van der Waals surface area contributed by atoms with Gasteiger partial charge in [-0.25, -0.2) is 8.42 Å². The summed E-state index contributed by atoms with van der Waals surface area (Å²) in [4.78, 5) is 0. The molecule has 1 aliphatic rings. The fourth-order valence-corrected chi connectivity index (χ4v) is 5.54. The van der Waals surface area contributed by atoms with Crippen molar-refractivity contribution < 1.29 is 13.5 Å². The molecule has 1 fully saturated rings. The number of unbranched alkanes of at least 4 members (excludes halogenated alkanes) is 3. The zero-order valence-corrected chi connectivity index (χ0v) is 10.8. The van der Waals surface area contributed by atoms with Gasteiger partial charge in [0, 0.05) is 11.5 Å². The summed E-state index contributed by atoms with van der Waals surface area (Å²) in [6.07, 6.45) is 3.28. The van der Waals surface area contributed by atoms with Crippen LogP contribution in [0.15, 0.2) is 0 Å². The van der Waals surface area contributed by atoms with Crippen molar-refractivity contribution in [2.45, 2.75) is 44.0 Å². The molecule has 0 aliphatic carbocycles. The molecule has 0 aromatic heterocycles. The quantitative estimate of drug-likeness (QED) is 0.727. The molecule has 0 aromatic rings. The highest BCUT2D eigenvalue weighted by molar-refractivity contribution is 8.01. The van der Waals surface area contributed by atoms with Crippen LogP contribution in [-0.4, -0.2) is 42.1 Å². The highest BCUT2D eigenvalue weighted by atomic mass is 32.2. The van der Waals surface area contributed by atoms with Crippen LogP contribution in [0, 0.1) is 0 Å². The minimum Gasteiger partial charge on any atom is -0.391 e. The van der Waals surface area contributed by atoms with Gasteiger partial charge >= 0.3 is 0 Å². The number of aliphatic hydroxyl groups is 1. The topological polar surface area (TPSA) is 54.4 Å². The number of rotatable bonds is 6. The second-order valence-electron chi connectivity index (χ2n) is 4.07. The first-order valence-corrected chi connectivity index (χ1v) is 8.42. The zero-order valence-electron chi connectivity index (χ0n) is 9.18. The maximum absolute atomic E-state index is 11.8. The fraction of sp³-hybridized carbons (Fsp3) is 1.00. The molecule has 5 heteroatoms. The molecule has 2 unspecified atom stereocenters. The van der Waals surface area contributed by atoms with Gasteiger partial charge in [0.1, 0.15) is 0 Å². The minimum atomic E-state index is -3.06. The number of thioether (sulfide) groups is 1. The van der Waals surface area contributed by atoms with Gasteiger partial charge in [-0.3, -0.25) is 0 Å². The second kappa shape index (κ2) is 6.11. The van der Waals surface area contributed by atoms with Crippen molar-refractivity contribution in [3.05, 3.63) is 0 Å². The summed E-state index contributed by atoms with van der Waals surface area (Å²) in [7, 11) is -3.06. The normalized spacial score (nSPS) is 27.1. The summed E-state index contributed by atoms with van der Waals surface area (Å²) < 4.78 is 23.7. The molecule has 1 heterocycles. The van der Waals surface area contributed by atoms with Crippen LogP contribution in [0.2, 0.25) is 0 Å². The molecule has 3 nitrogen and oxygen atoms in total. The SMILES string of the molecule is CCCCCCS(=O)(=O)C1CSCC1O. The maximum Gasteiger partial charge on any atom is 0.156 e. The molecular formula is C10H20O3S2. The molecule has 90 valence electrons. The smallest absolute Gasteiger partial charge is 0.156 e. The van der Waals surface area contributed by atoms with Crippen molar-refractivity contribution in [2.24, 2.45) is 0 Å². The lowest BCUT2D eigenvalue weighted by Gasteiger charge is -2.14. The maximum atomic E-state index is 11.8. The van der Waals surface area contributed by atoms with Crippen molar-refractivity contribution in [1.29, 1.82) is 0 Å². The van der Waals surface area contributed by atoms with Crippen LogP contribution in [0.5, 0.6) is 0 Å². The lowest BCUT2D eigenvalue weighted by atomic mass is 10.2. The predicted molar refractivity (Wildman–Crippen MR) is 65.0 cm³/mol. The Morgan fingerprint density at radius 1 is 1.27 bits per heavy atom. The molecule has 2 atom stereocenters. The Morgan fingerprint density at radius 2 is 2.00 bits per heavy atom. The first-order chi connectivity index (χ1) is 7.08. The van der Waals surface area contributed by atoms with Gasteiger partial charge < -0.3 is 5.11 Å². The highest BCUT2D eigenvalue weighted by Gasteiger charge is 2.36. The van der Waals surface area contributed by atoms with E-state index in [2.05, 4.69) is 6.92 Å². The van der Waals surface area contributed by atoms with E-state index in [4.69, 9.17) is 0 Å². The Balaban J connectivity index is 2.37. The van der Waals surface area contributed by atoms with Gasteiger partial charge in [-0.05, 0) is 6.42 Å². The van der Waals surface area contributed by atoms with Crippen molar-refractivity contribution in [2.75, 3.05) is 17.3 Å². The molecule has 0 spiro atoms. The van der Waals surface area contributed by atoms with Gasteiger partial charge in [-0.1, -0.05) is 26.2 Å². The Bertz CT molecular complexity index is 274. The van der Waals surface area contributed by atoms with Gasteiger partial charge in [0.15, 0.2) is 9.84 Å². The summed E-state index contributed by atoms with van der Waals surface area (Å²) in [6.45, 7) is 2.10. The number of hydrogen-bond acceptors (Lipinski definition) is 4. The molecule has 15 heavy (non-hydrogen) atoms. The lowest BCUT2D eigenvalue weighted by Crippen LogP contribution is -2.34. The summed E-state index contributed by atoms with van der Waals surface area (Å²) in [5.74, 6) is 1.38. The van der Waals surface area contributed by atoms with Gasteiger partial charge in [-0.2, -0.15) is 11.8 Å². The molecule has 1 N–H and O–H groups in total. The first kappa shape index (κ1) is 13.3. The fourth-order valence-electron chi connectivity index (χ4n) is 1.75. The van der Waals surface area contributed by atoms with Crippen molar-refractivity contribution in [3.8, 4) is 0 Å². The van der Waals surface area contributed by atoms with Crippen LogP contribution in [0.3, 0.4) is 0 Å². The molecule has 0 radical (unpaired) electrons. The number of hydrogen-bond donors (Lipinski definition) is 1. The monoisotopic (exact) mass is 252 g/mol. The molecular weight excluding hydrogens is 232 g/mol. The Labute approximate surface area is 96.6 Å². The molecule has 1 rings (SSSR count). The molecule has 0 saturated carbocycles. The van der Waals surface area contributed by atoms with E-state index in [9.17, 15) is 13.5 Å². The van der Waals surface area contributed by atoms with Crippen LogP contribution in [0.4, 0.5) is 0 Å². The van der Waals surface area contributed by atoms with E-state index in [1.165, 1.54) is 11.8 Å². The molecule has 0 bridgehead atoms. The van der Waals surface area contributed by atoms with Crippen LogP contribution < -0.4 is 0 Å². The van der Waals surface area contributed by atoms with E-state index in [-0.39, 0.29) is 5.75 Å². The molecule has 1 aliphatic heterocycles. The van der Waals surface area contributed by atoms with Gasteiger partial charge in [0.05, 0.1) is 17.1 Å². The van der Waals surface area contributed by atoms with Crippen LogP contribution >= 0.6 is 11.8 Å². The van der Waals surface area contributed by atoms with Crippen LogP contribution in [-0.2, 0) is 9.84 Å². The van der Waals surface area contributed by atoms with Crippen LogP contribution in [0.25, 0.3) is 0 Å². The van der Waals surface area contributed by atoms with E-state index in [0.717, 1.165) is 25.7 Å². The third-order valence-corrected chi connectivity index (χ3v) is 6.39. The van der Waals surface area contributed by atoms with Crippen molar-refractivity contribution in [1.82, 2.24) is 0 Å². The van der Waals surface area contributed by atoms with E-state index < -0.39 is 21.2 Å². The average molecular weight is 252 g/mol. The second-order valence-corrected chi connectivity index (χ2v) is 7.49. The zero-order chi connectivity index (χ0) is 11.3. The summed E-state index contributed by atoms with van der Waals surface area (Å²) in [5.41, 5.74) is 0. The first-order valence-electron chi connectivity index (χ1n) is 5.55. The standard InChI is InChI=1S/C10H20O3S2/c1-2-3-4-5-6-15(12,13)10-8-14-7-9(10)11/h9-11H,2-8H2,1H3. The van der Waals surface area contributed by atoms with E-state index in [0.29, 0.717) is 11.5 Å². The summed E-state index contributed by atoms with van der Waals surface area (Å²) >= 11 is 1.53. The lowest BCUT2D eigenvalue weighted by molar-refractivity contribution is 0.204. The largest absolute Gasteiger partial charge is 0.391 e. The predicted octanol–water partition coefficient (Wildman–Crippen LogP) is 1.46. The molecule has 1 saturated heterocycles. The number of sulfone groups is 1. The van der Waals surface area contributed by atoms with E-state index in [1.54, 1.807) is 0 Å². The van der Waals surface area contributed by atoms with Crippen molar-refractivity contribution >= 4 is 21.6 Å². The van der Waals surface area contributed by atoms with Crippen LogP contribution in [0.1, 0.15) is 32.6 Å². The summed E-state index contributed by atoms with van der Waals surface area (Å²) in [5, 5.41) is 9.02. The highest BCUT2D eigenvalue weighted by Crippen LogP contribution is 2.25. The Hall–Kier alpha value is 0.260. The van der Waals surface area contributed by atoms with Gasteiger partial charge in [0.2, 0.25) is 0 Å². The van der Waals surface area contributed by atoms with E-state index >= 15 is 0 Å². The third-order valence-electron chi connectivity index (χ3n) is 2.74.